The Morgan fingerprint density at radius 1 is 1.33 bits per heavy atom. The number of nitrogens with one attached hydrogen (secondary N) is 1. The monoisotopic (exact) mass is 294 g/mol. The molecule has 7 heteroatoms. The molecule has 4 rings (SSSR count). The predicted molar refractivity (Wildman–Crippen MR) is 81.0 cm³/mol. The van der Waals surface area contributed by atoms with E-state index in [0.29, 0.717) is 6.04 Å². The minimum absolute atomic E-state index is 0.0212. The molecule has 0 aromatic carbocycles. The molecule has 0 aliphatic carbocycles. The highest BCUT2D eigenvalue weighted by molar-refractivity contribution is 5.30. The highest BCUT2D eigenvalue weighted by Crippen LogP contribution is 2.33. The summed E-state index contributed by atoms with van der Waals surface area (Å²) in [4.78, 5) is 5.04. The summed E-state index contributed by atoms with van der Waals surface area (Å²) in [6.45, 7) is 9.84. The summed E-state index contributed by atoms with van der Waals surface area (Å²) < 4.78 is 7.53. The van der Waals surface area contributed by atoms with Gasteiger partial charge in [0.25, 0.3) is 0 Å². The standard InChI is InChI=1S/C14H26N6O/c1-10(2)20-14(12(21-3)8-16-20)13(17-15)11-9-18-4-6-19(11)7-5-18/h8,10-11,13,17H,4-7,9,15H2,1-3H3. The number of rotatable bonds is 5. The first-order valence-electron chi connectivity index (χ1n) is 7.69. The van der Waals surface area contributed by atoms with Gasteiger partial charge >= 0.3 is 0 Å². The SMILES string of the molecule is COc1cnn(C(C)C)c1C(NN)C1CN2CCN1CC2. The summed E-state index contributed by atoms with van der Waals surface area (Å²) in [7, 11) is 1.69. The van der Waals surface area contributed by atoms with Crippen LogP contribution < -0.4 is 16.0 Å². The Morgan fingerprint density at radius 2 is 2.05 bits per heavy atom. The third-order valence-electron chi connectivity index (χ3n) is 4.69. The second-order valence-electron chi connectivity index (χ2n) is 6.18. The molecule has 3 N–H and O–H groups in total. The van der Waals surface area contributed by atoms with Crippen LogP contribution in [0.3, 0.4) is 0 Å². The number of nitrogens with zero attached hydrogens (tertiary/aromatic N) is 4. The average Bonchev–Trinajstić information content (AvgIpc) is 2.93. The minimum atomic E-state index is 0.0212. The molecule has 7 nitrogen and oxygen atoms in total. The quantitative estimate of drug-likeness (QED) is 0.587. The number of fused-ring (bicyclic) bond motifs is 3. The van der Waals surface area contributed by atoms with Crippen molar-refractivity contribution in [2.24, 2.45) is 5.84 Å². The molecule has 1 aromatic heterocycles. The molecule has 21 heavy (non-hydrogen) atoms. The molecule has 0 radical (unpaired) electrons. The van der Waals surface area contributed by atoms with Crippen LogP contribution >= 0.6 is 0 Å². The van der Waals surface area contributed by atoms with Crippen molar-refractivity contribution in [3.63, 3.8) is 0 Å². The van der Waals surface area contributed by atoms with Gasteiger partial charge in [0, 0.05) is 44.8 Å². The second-order valence-corrected chi connectivity index (χ2v) is 6.18. The van der Waals surface area contributed by atoms with Crippen LogP contribution in [0.2, 0.25) is 0 Å². The smallest absolute Gasteiger partial charge is 0.161 e. The molecule has 3 fully saturated rings. The molecule has 3 aliphatic rings. The van der Waals surface area contributed by atoms with Crippen molar-refractivity contribution in [2.45, 2.75) is 32.0 Å². The van der Waals surface area contributed by atoms with Gasteiger partial charge in [-0.25, -0.2) is 5.43 Å². The molecule has 0 amide bonds. The third kappa shape index (κ3) is 2.55. The number of hydrazine groups is 1. The lowest BCUT2D eigenvalue weighted by atomic mass is 9.97. The highest BCUT2D eigenvalue weighted by atomic mass is 16.5. The lowest BCUT2D eigenvalue weighted by Gasteiger charge is -2.50. The zero-order valence-corrected chi connectivity index (χ0v) is 13.1. The van der Waals surface area contributed by atoms with Gasteiger partial charge in [-0.1, -0.05) is 0 Å². The van der Waals surface area contributed by atoms with Crippen molar-refractivity contribution in [2.75, 3.05) is 39.8 Å². The summed E-state index contributed by atoms with van der Waals surface area (Å²) in [5, 5.41) is 4.48. The van der Waals surface area contributed by atoms with Gasteiger partial charge in [0.15, 0.2) is 5.75 Å². The minimum Gasteiger partial charge on any atom is -0.493 e. The van der Waals surface area contributed by atoms with Crippen molar-refractivity contribution in [1.82, 2.24) is 25.0 Å². The maximum atomic E-state index is 5.93. The van der Waals surface area contributed by atoms with Crippen LogP contribution in [0.15, 0.2) is 6.20 Å². The van der Waals surface area contributed by atoms with Crippen LogP contribution in [0.4, 0.5) is 0 Å². The van der Waals surface area contributed by atoms with Gasteiger partial charge in [-0.05, 0) is 13.8 Å². The maximum absolute atomic E-state index is 5.93. The van der Waals surface area contributed by atoms with Crippen LogP contribution in [0.5, 0.6) is 5.75 Å². The summed E-state index contributed by atoms with van der Waals surface area (Å²) in [5.41, 5.74) is 4.07. The third-order valence-corrected chi connectivity index (χ3v) is 4.69. The fraction of sp³-hybridized carbons (Fsp3) is 0.786. The van der Waals surface area contributed by atoms with Crippen LogP contribution in [0.25, 0.3) is 0 Å². The Morgan fingerprint density at radius 3 is 2.52 bits per heavy atom. The summed E-state index contributed by atoms with van der Waals surface area (Å²) in [5.74, 6) is 6.74. The van der Waals surface area contributed by atoms with Crippen LogP contribution in [-0.2, 0) is 0 Å². The molecule has 2 bridgehead atoms. The maximum Gasteiger partial charge on any atom is 0.161 e. The van der Waals surface area contributed by atoms with Crippen LogP contribution in [-0.4, -0.2) is 65.5 Å². The van der Waals surface area contributed by atoms with E-state index in [1.165, 1.54) is 0 Å². The number of methoxy groups -OCH3 is 1. The van der Waals surface area contributed by atoms with Gasteiger partial charge in [-0.2, -0.15) is 5.10 Å². The number of piperazine rings is 3. The van der Waals surface area contributed by atoms with E-state index in [-0.39, 0.29) is 12.1 Å². The first-order chi connectivity index (χ1) is 10.2. The van der Waals surface area contributed by atoms with Crippen molar-refractivity contribution < 1.29 is 4.74 Å². The van der Waals surface area contributed by atoms with Gasteiger partial charge in [0.1, 0.15) is 5.69 Å². The van der Waals surface area contributed by atoms with E-state index < -0.39 is 0 Å². The Balaban J connectivity index is 1.94. The normalized spacial score (nSPS) is 29.9. The van der Waals surface area contributed by atoms with Gasteiger partial charge < -0.3 is 4.74 Å². The van der Waals surface area contributed by atoms with Crippen molar-refractivity contribution in [3.8, 4) is 5.75 Å². The van der Waals surface area contributed by atoms with Gasteiger partial charge in [-0.15, -0.1) is 0 Å². The molecule has 3 aliphatic heterocycles. The molecule has 2 atom stereocenters. The zero-order chi connectivity index (χ0) is 15.0. The lowest BCUT2D eigenvalue weighted by Crippen LogP contribution is -2.64. The van der Waals surface area contributed by atoms with E-state index >= 15 is 0 Å². The number of nitrogens with two attached hydrogens (primary N) is 1. The second kappa shape index (κ2) is 5.92. The number of aromatic nitrogens is 2. The lowest BCUT2D eigenvalue weighted by molar-refractivity contribution is -0.00549. The molecule has 2 unspecified atom stereocenters. The molecular weight excluding hydrogens is 268 g/mol. The largest absolute Gasteiger partial charge is 0.493 e. The van der Waals surface area contributed by atoms with E-state index in [9.17, 15) is 0 Å². The van der Waals surface area contributed by atoms with E-state index in [0.717, 1.165) is 44.2 Å². The summed E-state index contributed by atoms with van der Waals surface area (Å²) in [6.07, 6.45) is 1.79. The van der Waals surface area contributed by atoms with E-state index in [1.807, 2.05) is 4.68 Å². The van der Waals surface area contributed by atoms with Crippen molar-refractivity contribution in [3.05, 3.63) is 11.9 Å². The number of ether oxygens (including phenoxy) is 1. The Hall–Kier alpha value is -1.15. The highest BCUT2D eigenvalue weighted by Gasteiger charge is 2.39. The zero-order valence-electron chi connectivity index (χ0n) is 13.1. The Bertz CT molecular complexity index is 480. The van der Waals surface area contributed by atoms with Gasteiger partial charge in [0.2, 0.25) is 0 Å². The fourth-order valence-electron chi connectivity index (χ4n) is 3.57. The summed E-state index contributed by atoms with van der Waals surface area (Å²) >= 11 is 0. The molecule has 3 saturated heterocycles. The number of hydrogen-bond donors (Lipinski definition) is 2. The van der Waals surface area contributed by atoms with E-state index in [2.05, 4.69) is 34.2 Å². The molecule has 1 aromatic rings. The van der Waals surface area contributed by atoms with Crippen molar-refractivity contribution in [1.29, 1.82) is 0 Å². The number of hydrogen-bond acceptors (Lipinski definition) is 6. The van der Waals surface area contributed by atoms with Crippen LogP contribution in [0, 0.1) is 0 Å². The Labute approximate surface area is 126 Å². The van der Waals surface area contributed by atoms with Crippen molar-refractivity contribution >= 4 is 0 Å². The average molecular weight is 294 g/mol. The first-order valence-corrected chi connectivity index (χ1v) is 7.69. The summed E-state index contributed by atoms with van der Waals surface area (Å²) in [6, 6.07) is 0.657. The van der Waals surface area contributed by atoms with E-state index in [4.69, 9.17) is 10.6 Å². The topological polar surface area (TPSA) is 71.6 Å². The first kappa shape index (κ1) is 14.8. The molecule has 118 valence electrons. The molecule has 0 spiro atoms. The molecule has 4 heterocycles. The fourth-order valence-corrected chi connectivity index (χ4v) is 3.57. The van der Waals surface area contributed by atoms with Gasteiger partial charge in [0.05, 0.1) is 19.3 Å². The van der Waals surface area contributed by atoms with E-state index in [1.54, 1.807) is 13.3 Å². The Kier molecular flexibility index (Phi) is 4.17. The molecular formula is C14H26N6O. The molecule has 0 saturated carbocycles. The van der Waals surface area contributed by atoms with Gasteiger partial charge in [-0.3, -0.25) is 20.3 Å². The van der Waals surface area contributed by atoms with Crippen LogP contribution in [0.1, 0.15) is 31.6 Å². The predicted octanol–water partition coefficient (Wildman–Crippen LogP) is -0.0232.